The van der Waals surface area contributed by atoms with Crippen LogP contribution in [0.3, 0.4) is 0 Å². The minimum atomic E-state index is 0.0596. The number of nitrogens with zero attached hydrogens (tertiary/aromatic N) is 3. The fourth-order valence-corrected chi connectivity index (χ4v) is 4.61. The van der Waals surface area contributed by atoms with Crippen LogP contribution in [0.15, 0.2) is 47.0 Å². The Balaban J connectivity index is 1.18. The van der Waals surface area contributed by atoms with Crippen LogP contribution in [0.25, 0.3) is 21.2 Å². The predicted octanol–water partition coefficient (Wildman–Crippen LogP) is 4.06. The average Bonchev–Trinajstić information content (AvgIpc) is 3.37. The van der Waals surface area contributed by atoms with Crippen LogP contribution < -0.4 is 9.47 Å². The molecule has 0 aliphatic carbocycles. The topological polar surface area (TPSA) is 77.7 Å². The van der Waals surface area contributed by atoms with Gasteiger partial charge in [0.2, 0.25) is 5.91 Å². The molecule has 7 nitrogen and oxygen atoms in total. The number of fused-ring (bicyclic) bond motifs is 2. The minimum Gasteiger partial charge on any atom is -0.497 e. The molecular formula is C22H21N3O4S. The Bertz CT molecular complexity index is 1190. The van der Waals surface area contributed by atoms with Crippen molar-refractivity contribution in [3.63, 3.8) is 0 Å². The third kappa shape index (κ3) is 3.70. The molecule has 0 bridgehead atoms. The molecule has 30 heavy (non-hydrogen) atoms. The summed E-state index contributed by atoms with van der Waals surface area (Å²) in [4.78, 5) is 19.2. The molecule has 3 heterocycles. The highest BCUT2D eigenvalue weighted by molar-refractivity contribution is 7.20. The first-order valence-electron chi connectivity index (χ1n) is 9.92. The van der Waals surface area contributed by atoms with E-state index in [0.717, 1.165) is 34.2 Å². The number of hydrogen-bond acceptors (Lipinski definition) is 7. The number of carbonyl (C=O) groups is 1. The van der Waals surface area contributed by atoms with Crippen molar-refractivity contribution in [3.8, 4) is 10.9 Å². The van der Waals surface area contributed by atoms with E-state index in [1.54, 1.807) is 7.11 Å². The van der Waals surface area contributed by atoms with Gasteiger partial charge in [0.15, 0.2) is 5.58 Å². The van der Waals surface area contributed by atoms with E-state index in [0.29, 0.717) is 29.6 Å². The summed E-state index contributed by atoms with van der Waals surface area (Å²) in [5.74, 6) is 0.852. The fourth-order valence-electron chi connectivity index (χ4n) is 3.75. The van der Waals surface area contributed by atoms with E-state index < -0.39 is 0 Å². The highest BCUT2D eigenvalue weighted by Crippen LogP contribution is 2.32. The molecule has 0 spiro atoms. The van der Waals surface area contributed by atoms with E-state index in [4.69, 9.17) is 14.0 Å². The third-order valence-electron chi connectivity index (χ3n) is 5.41. The Kier molecular flexibility index (Phi) is 5.00. The van der Waals surface area contributed by atoms with E-state index in [9.17, 15) is 4.79 Å². The molecule has 8 heteroatoms. The molecule has 1 fully saturated rings. The molecule has 154 valence electrons. The monoisotopic (exact) mass is 423 g/mol. The first-order chi connectivity index (χ1) is 14.7. The molecule has 2 aromatic heterocycles. The molecule has 1 saturated heterocycles. The van der Waals surface area contributed by atoms with Gasteiger partial charge in [-0.25, -0.2) is 4.98 Å². The van der Waals surface area contributed by atoms with Crippen LogP contribution in [0.4, 0.5) is 0 Å². The van der Waals surface area contributed by atoms with Crippen molar-refractivity contribution < 1.29 is 18.8 Å². The Morgan fingerprint density at radius 2 is 2.07 bits per heavy atom. The standard InChI is InChI=1S/C22H21N3O4S/c1-27-15-6-7-20-18(12-15)23-22(30-20)28-14-8-10-25(11-9-14)21(26)13-17-16-4-2-3-5-19(16)29-24-17/h2-7,12,14H,8-11,13H2,1H3. The van der Waals surface area contributed by atoms with Crippen molar-refractivity contribution in [1.29, 1.82) is 0 Å². The molecule has 0 radical (unpaired) electrons. The Labute approximate surface area is 177 Å². The van der Waals surface area contributed by atoms with E-state index in [2.05, 4.69) is 10.1 Å². The second-order valence-electron chi connectivity index (χ2n) is 7.31. The number of carbonyl (C=O) groups excluding carboxylic acids is 1. The van der Waals surface area contributed by atoms with Gasteiger partial charge in [-0.1, -0.05) is 28.6 Å². The highest BCUT2D eigenvalue weighted by atomic mass is 32.1. The normalized spacial score (nSPS) is 15.0. The first kappa shape index (κ1) is 18.9. The van der Waals surface area contributed by atoms with E-state index in [1.807, 2.05) is 47.4 Å². The van der Waals surface area contributed by atoms with Crippen LogP contribution in [0.2, 0.25) is 0 Å². The number of para-hydroxylation sites is 1. The Morgan fingerprint density at radius 1 is 1.23 bits per heavy atom. The van der Waals surface area contributed by atoms with Crippen LogP contribution in [-0.4, -0.2) is 47.3 Å². The number of rotatable bonds is 5. The largest absolute Gasteiger partial charge is 0.497 e. The number of ether oxygens (including phenoxy) is 2. The number of methoxy groups -OCH3 is 1. The van der Waals surface area contributed by atoms with Crippen LogP contribution in [0.5, 0.6) is 10.9 Å². The molecule has 4 aromatic rings. The fraction of sp³-hybridized carbons (Fsp3) is 0.318. The first-order valence-corrected chi connectivity index (χ1v) is 10.7. The Morgan fingerprint density at radius 3 is 2.90 bits per heavy atom. The SMILES string of the molecule is COc1ccc2sc(OC3CCN(C(=O)Cc4noc5ccccc45)CC3)nc2c1. The molecule has 0 atom stereocenters. The third-order valence-corrected chi connectivity index (χ3v) is 6.34. The second kappa shape index (κ2) is 7.95. The van der Waals surface area contributed by atoms with Gasteiger partial charge in [-0.3, -0.25) is 4.79 Å². The lowest BCUT2D eigenvalue weighted by Crippen LogP contribution is -2.42. The van der Waals surface area contributed by atoms with E-state index >= 15 is 0 Å². The molecular weight excluding hydrogens is 402 g/mol. The maximum Gasteiger partial charge on any atom is 0.274 e. The molecule has 1 aliphatic heterocycles. The van der Waals surface area contributed by atoms with Gasteiger partial charge in [0, 0.05) is 37.4 Å². The summed E-state index contributed by atoms with van der Waals surface area (Å²) in [6, 6.07) is 13.4. The smallest absolute Gasteiger partial charge is 0.274 e. The molecule has 1 amide bonds. The van der Waals surface area contributed by atoms with Gasteiger partial charge < -0.3 is 18.9 Å². The van der Waals surface area contributed by atoms with E-state index in [1.165, 1.54) is 11.3 Å². The molecule has 0 saturated carbocycles. The lowest BCUT2D eigenvalue weighted by molar-refractivity contribution is -0.132. The van der Waals surface area contributed by atoms with Gasteiger partial charge in [0.1, 0.15) is 17.5 Å². The summed E-state index contributed by atoms with van der Waals surface area (Å²) in [6.07, 6.45) is 1.88. The summed E-state index contributed by atoms with van der Waals surface area (Å²) >= 11 is 1.53. The van der Waals surface area contributed by atoms with Gasteiger partial charge in [0.25, 0.3) is 5.19 Å². The molecule has 2 aromatic carbocycles. The Hall–Kier alpha value is -3.13. The number of hydrogen-bond donors (Lipinski definition) is 0. The van der Waals surface area contributed by atoms with Gasteiger partial charge >= 0.3 is 0 Å². The zero-order valence-electron chi connectivity index (χ0n) is 16.5. The van der Waals surface area contributed by atoms with Crippen molar-refractivity contribution in [3.05, 3.63) is 48.2 Å². The number of piperidine rings is 1. The summed E-state index contributed by atoms with van der Waals surface area (Å²) in [5.41, 5.74) is 2.28. The van der Waals surface area contributed by atoms with Gasteiger partial charge in [-0.2, -0.15) is 0 Å². The summed E-state index contributed by atoms with van der Waals surface area (Å²) in [5, 5.41) is 5.63. The van der Waals surface area contributed by atoms with Crippen molar-refractivity contribution >= 4 is 38.4 Å². The second-order valence-corrected chi connectivity index (χ2v) is 8.31. The lowest BCUT2D eigenvalue weighted by atomic mass is 10.1. The van der Waals surface area contributed by atoms with Crippen molar-refractivity contribution in [2.75, 3.05) is 20.2 Å². The van der Waals surface area contributed by atoms with Crippen LogP contribution in [-0.2, 0) is 11.2 Å². The molecule has 1 aliphatic rings. The molecule has 5 rings (SSSR count). The summed E-state index contributed by atoms with van der Waals surface area (Å²) in [7, 11) is 1.64. The molecule has 0 N–H and O–H groups in total. The number of benzene rings is 2. The van der Waals surface area contributed by atoms with Crippen molar-refractivity contribution in [2.24, 2.45) is 0 Å². The molecule has 0 unspecified atom stereocenters. The lowest BCUT2D eigenvalue weighted by Gasteiger charge is -2.31. The number of amides is 1. The van der Waals surface area contributed by atoms with Crippen LogP contribution in [0.1, 0.15) is 18.5 Å². The highest BCUT2D eigenvalue weighted by Gasteiger charge is 2.26. The van der Waals surface area contributed by atoms with Crippen LogP contribution in [0, 0.1) is 0 Å². The number of likely N-dealkylation sites (tertiary alicyclic amines) is 1. The maximum atomic E-state index is 12.7. The quantitative estimate of drug-likeness (QED) is 0.482. The summed E-state index contributed by atoms with van der Waals surface area (Å²) in [6.45, 7) is 1.33. The van der Waals surface area contributed by atoms with Crippen molar-refractivity contribution in [1.82, 2.24) is 15.0 Å². The van der Waals surface area contributed by atoms with Gasteiger partial charge in [-0.15, -0.1) is 0 Å². The zero-order valence-corrected chi connectivity index (χ0v) is 17.4. The van der Waals surface area contributed by atoms with E-state index in [-0.39, 0.29) is 18.4 Å². The van der Waals surface area contributed by atoms with Crippen LogP contribution >= 0.6 is 11.3 Å². The maximum absolute atomic E-state index is 12.7. The van der Waals surface area contributed by atoms with Gasteiger partial charge in [0.05, 0.1) is 23.7 Å². The van der Waals surface area contributed by atoms with Gasteiger partial charge in [-0.05, 0) is 24.3 Å². The predicted molar refractivity (Wildman–Crippen MR) is 114 cm³/mol. The summed E-state index contributed by atoms with van der Waals surface area (Å²) < 4.78 is 17.7. The average molecular weight is 423 g/mol. The zero-order chi connectivity index (χ0) is 20.5. The number of thiazole rings is 1. The number of aromatic nitrogens is 2. The van der Waals surface area contributed by atoms with Crippen molar-refractivity contribution in [2.45, 2.75) is 25.4 Å². The minimum absolute atomic E-state index is 0.0596.